The van der Waals surface area contributed by atoms with Crippen LogP contribution in [0.25, 0.3) is 5.65 Å². The molecule has 2 aliphatic rings. The molecule has 3 aromatic heterocycles. The first-order valence-electron chi connectivity index (χ1n) is 9.71. The van der Waals surface area contributed by atoms with Gasteiger partial charge in [-0.1, -0.05) is 6.92 Å². The highest BCUT2D eigenvalue weighted by atomic mass is 19.1. The predicted molar refractivity (Wildman–Crippen MR) is 103 cm³/mol. The van der Waals surface area contributed by atoms with Gasteiger partial charge in [0.25, 0.3) is 0 Å². The van der Waals surface area contributed by atoms with E-state index in [1.807, 2.05) is 11.8 Å². The molecule has 0 amide bonds. The zero-order valence-corrected chi connectivity index (χ0v) is 15.5. The quantitative estimate of drug-likeness (QED) is 0.710. The molecule has 0 aromatic carbocycles. The monoisotopic (exact) mass is 366 g/mol. The maximum absolute atomic E-state index is 14.5. The van der Waals surface area contributed by atoms with Crippen molar-refractivity contribution >= 4 is 17.2 Å². The second-order valence-corrected chi connectivity index (χ2v) is 7.38. The topological polar surface area (TPSA) is 49.6 Å². The van der Waals surface area contributed by atoms with E-state index in [4.69, 9.17) is 4.98 Å². The van der Waals surface area contributed by atoms with E-state index in [2.05, 4.69) is 43.8 Å². The van der Waals surface area contributed by atoms with Gasteiger partial charge in [-0.05, 0) is 31.4 Å². The van der Waals surface area contributed by atoms with Gasteiger partial charge in [-0.2, -0.15) is 0 Å². The molecule has 3 aromatic rings. The first-order chi connectivity index (χ1) is 13.2. The van der Waals surface area contributed by atoms with Crippen molar-refractivity contribution in [2.75, 3.05) is 36.0 Å². The lowest BCUT2D eigenvalue weighted by atomic mass is 10.2. The summed E-state index contributed by atoms with van der Waals surface area (Å²) in [5.74, 6) is 0.814. The number of hydrogen-bond donors (Lipinski definition) is 0. The summed E-state index contributed by atoms with van der Waals surface area (Å²) in [6.07, 6.45) is 8.89. The van der Waals surface area contributed by atoms with Crippen LogP contribution in [-0.2, 0) is 6.42 Å². The summed E-state index contributed by atoms with van der Waals surface area (Å²) in [5, 5.41) is 0. The third-order valence-corrected chi connectivity index (χ3v) is 5.57. The Morgan fingerprint density at radius 1 is 1.04 bits per heavy atom. The van der Waals surface area contributed by atoms with Crippen LogP contribution in [0, 0.1) is 5.82 Å². The smallest absolute Gasteiger partial charge is 0.187 e. The molecule has 0 spiro atoms. The molecule has 0 radical (unpaired) electrons. The number of aryl methyl sites for hydroxylation is 1. The molecule has 1 aliphatic heterocycles. The van der Waals surface area contributed by atoms with Crippen LogP contribution >= 0.6 is 0 Å². The summed E-state index contributed by atoms with van der Waals surface area (Å²) < 4.78 is 16.7. The van der Waals surface area contributed by atoms with E-state index in [0.29, 0.717) is 23.9 Å². The number of fused-ring (bicyclic) bond motifs is 1. The number of aromatic nitrogens is 4. The molecule has 1 aliphatic carbocycles. The van der Waals surface area contributed by atoms with Crippen LogP contribution in [-0.4, -0.2) is 45.5 Å². The Kier molecular flexibility index (Phi) is 3.95. The normalized spacial score (nSPS) is 17.7. The van der Waals surface area contributed by atoms with Crippen LogP contribution in [0.2, 0.25) is 0 Å². The van der Waals surface area contributed by atoms with E-state index in [-0.39, 0.29) is 5.82 Å². The van der Waals surface area contributed by atoms with Crippen LogP contribution < -0.4 is 9.80 Å². The highest BCUT2D eigenvalue weighted by Crippen LogP contribution is 2.39. The maximum Gasteiger partial charge on any atom is 0.187 e. The number of imidazole rings is 1. The van der Waals surface area contributed by atoms with Gasteiger partial charge in [0.2, 0.25) is 0 Å². The molecule has 27 heavy (non-hydrogen) atoms. The summed E-state index contributed by atoms with van der Waals surface area (Å²) in [7, 11) is 0. The molecule has 1 saturated carbocycles. The molecule has 0 N–H and O–H groups in total. The molecular formula is C20H23FN6. The summed E-state index contributed by atoms with van der Waals surface area (Å²) in [4.78, 5) is 17.3. The Bertz CT molecular complexity index is 972. The maximum atomic E-state index is 14.5. The van der Waals surface area contributed by atoms with E-state index in [9.17, 15) is 4.39 Å². The lowest BCUT2D eigenvalue weighted by Crippen LogP contribution is -2.47. The lowest BCUT2D eigenvalue weighted by Gasteiger charge is -2.36. The Balaban J connectivity index is 1.32. The Hall–Kier alpha value is -2.70. The largest absolute Gasteiger partial charge is 0.367 e. The molecule has 6 nitrogen and oxygen atoms in total. The van der Waals surface area contributed by atoms with Crippen molar-refractivity contribution in [1.29, 1.82) is 0 Å². The molecule has 5 rings (SSSR count). The molecule has 7 heteroatoms. The molecule has 0 unspecified atom stereocenters. The van der Waals surface area contributed by atoms with Crippen LogP contribution in [0.15, 0.2) is 30.9 Å². The molecule has 0 bridgehead atoms. The van der Waals surface area contributed by atoms with Gasteiger partial charge in [-0.25, -0.2) is 19.3 Å². The zero-order chi connectivity index (χ0) is 18.4. The minimum absolute atomic E-state index is 0.277. The fourth-order valence-electron chi connectivity index (χ4n) is 3.80. The standard InChI is InChI=1S/C20H23FN6/c1-2-16-19(21)20(23-13-22-16)26-9-7-25(8-10-26)15-5-6-18-24-17(14-3-4-14)12-27(18)11-15/h5-6,11-14H,2-4,7-10H2,1H3. The zero-order valence-electron chi connectivity index (χ0n) is 15.5. The summed E-state index contributed by atoms with van der Waals surface area (Å²) in [6.45, 7) is 5.06. The van der Waals surface area contributed by atoms with Gasteiger partial charge in [0.15, 0.2) is 11.6 Å². The van der Waals surface area contributed by atoms with E-state index in [1.54, 1.807) is 0 Å². The van der Waals surface area contributed by atoms with Gasteiger partial charge in [-0.15, -0.1) is 0 Å². The highest BCUT2D eigenvalue weighted by molar-refractivity contribution is 5.54. The van der Waals surface area contributed by atoms with Crippen molar-refractivity contribution in [2.24, 2.45) is 0 Å². The van der Waals surface area contributed by atoms with Crippen LogP contribution in [0.5, 0.6) is 0 Å². The average Bonchev–Trinajstić information content (AvgIpc) is 3.47. The molecule has 1 saturated heterocycles. The van der Waals surface area contributed by atoms with Crippen molar-refractivity contribution in [1.82, 2.24) is 19.4 Å². The van der Waals surface area contributed by atoms with Crippen molar-refractivity contribution in [3.05, 3.63) is 48.1 Å². The number of piperazine rings is 1. The van der Waals surface area contributed by atoms with Crippen molar-refractivity contribution in [2.45, 2.75) is 32.1 Å². The average molecular weight is 366 g/mol. The first-order valence-corrected chi connectivity index (χ1v) is 9.71. The van der Waals surface area contributed by atoms with Gasteiger partial charge >= 0.3 is 0 Å². The van der Waals surface area contributed by atoms with Crippen molar-refractivity contribution in [3.8, 4) is 0 Å². The fourth-order valence-corrected chi connectivity index (χ4v) is 3.80. The lowest BCUT2D eigenvalue weighted by molar-refractivity contribution is 0.569. The summed E-state index contributed by atoms with van der Waals surface area (Å²) in [6, 6.07) is 4.22. The summed E-state index contributed by atoms with van der Waals surface area (Å²) >= 11 is 0. The van der Waals surface area contributed by atoms with E-state index < -0.39 is 0 Å². The second kappa shape index (κ2) is 6.48. The number of nitrogens with zero attached hydrogens (tertiary/aromatic N) is 6. The minimum Gasteiger partial charge on any atom is -0.367 e. The van der Waals surface area contributed by atoms with Crippen LogP contribution in [0.4, 0.5) is 15.9 Å². The minimum atomic E-state index is -0.277. The van der Waals surface area contributed by atoms with Crippen LogP contribution in [0.3, 0.4) is 0 Å². The third kappa shape index (κ3) is 3.01. The number of halogens is 1. The third-order valence-electron chi connectivity index (χ3n) is 5.57. The SMILES string of the molecule is CCc1ncnc(N2CCN(c3ccc4nc(C5CC5)cn4c3)CC2)c1F. The first kappa shape index (κ1) is 16.5. The number of pyridine rings is 1. The van der Waals surface area contributed by atoms with E-state index in [1.165, 1.54) is 30.6 Å². The van der Waals surface area contributed by atoms with Crippen LogP contribution in [0.1, 0.15) is 37.1 Å². The van der Waals surface area contributed by atoms with Gasteiger partial charge in [0.1, 0.15) is 12.0 Å². The Morgan fingerprint density at radius 2 is 1.81 bits per heavy atom. The second-order valence-electron chi connectivity index (χ2n) is 7.38. The van der Waals surface area contributed by atoms with Gasteiger partial charge < -0.3 is 14.2 Å². The van der Waals surface area contributed by atoms with Gasteiger partial charge in [0, 0.05) is 44.5 Å². The molecule has 140 valence electrons. The highest BCUT2D eigenvalue weighted by Gasteiger charge is 2.26. The number of hydrogen-bond acceptors (Lipinski definition) is 5. The Morgan fingerprint density at radius 3 is 2.56 bits per heavy atom. The molecule has 2 fully saturated rings. The fraction of sp³-hybridized carbons (Fsp3) is 0.450. The molecular weight excluding hydrogens is 343 g/mol. The Labute approximate surface area is 157 Å². The molecule has 0 atom stereocenters. The van der Waals surface area contributed by atoms with Crippen molar-refractivity contribution in [3.63, 3.8) is 0 Å². The summed E-state index contributed by atoms with van der Waals surface area (Å²) in [5.41, 5.74) is 3.89. The van der Waals surface area contributed by atoms with Gasteiger partial charge in [0.05, 0.1) is 17.1 Å². The predicted octanol–water partition coefficient (Wildman–Crippen LogP) is 3.03. The molecule has 4 heterocycles. The number of anilines is 2. The van der Waals surface area contributed by atoms with Gasteiger partial charge in [-0.3, -0.25) is 0 Å². The number of rotatable bonds is 4. The van der Waals surface area contributed by atoms with Crippen molar-refractivity contribution < 1.29 is 4.39 Å². The van der Waals surface area contributed by atoms with E-state index in [0.717, 1.165) is 31.8 Å². The van der Waals surface area contributed by atoms with E-state index >= 15 is 0 Å².